The van der Waals surface area contributed by atoms with Crippen molar-refractivity contribution in [1.82, 2.24) is 4.90 Å². The lowest BCUT2D eigenvalue weighted by Gasteiger charge is -2.32. The van der Waals surface area contributed by atoms with Gasteiger partial charge in [0.2, 0.25) is 5.91 Å². The molecule has 96 valence electrons. The third-order valence-corrected chi connectivity index (χ3v) is 3.98. The first kappa shape index (κ1) is 12.9. The Morgan fingerprint density at radius 1 is 1.39 bits per heavy atom. The summed E-state index contributed by atoms with van der Waals surface area (Å²) in [5.41, 5.74) is 0.0704. The van der Waals surface area contributed by atoms with Gasteiger partial charge in [0.05, 0.1) is 10.2 Å². The third kappa shape index (κ3) is 2.81. The number of benzene rings is 1. The zero-order valence-electron chi connectivity index (χ0n) is 10.0. The molecule has 0 radical (unpaired) electrons. The summed E-state index contributed by atoms with van der Waals surface area (Å²) in [6.07, 6.45) is 1.08. The highest BCUT2D eigenvalue weighted by Crippen LogP contribution is 2.27. The molecule has 18 heavy (non-hydrogen) atoms. The Balaban J connectivity index is 1.95. The number of nitro benzene ring substituents is 1. The van der Waals surface area contributed by atoms with Crippen LogP contribution < -0.4 is 0 Å². The van der Waals surface area contributed by atoms with Crippen molar-refractivity contribution >= 4 is 23.4 Å². The summed E-state index contributed by atoms with van der Waals surface area (Å²) in [5.74, 6) is 0.143. The van der Waals surface area contributed by atoms with Crippen molar-refractivity contribution in [3.05, 3.63) is 34.4 Å². The number of carbonyl (C=O) groups is 1. The maximum Gasteiger partial charge on any atom is 0.269 e. The first-order valence-electron chi connectivity index (χ1n) is 5.78. The Morgan fingerprint density at radius 3 is 2.44 bits per heavy atom. The maximum atomic E-state index is 11.9. The fourth-order valence-electron chi connectivity index (χ4n) is 1.69. The highest BCUT2D eigenvalue weighted by molar-refractivity contribution is 8.00. The van der Waals surface area contributed by atoms with Gasteiger partial charge in [0.1, 0.15) is 0 Å². The molecule has 0 aliphatic carbocycles. The molecule has 0 saturated carbocycles. The Hall–Kier alpha value is -1.56. The van der Waals surface area contributed by atoms with E-state index in [1.54, 1.807) is 12.1 Å². The summed E-state index contributed by atoms with van der Waals surface area (Å²) in [5, 5.41) is 10.4. The van der Waals surface area contributed by atoms with Gasteiger partial charge < -0.3 is 4.90 Å². The number of nitrogens with zero attached hydrogens (tertiary/aromatic N) is 2. The van der Waals surface area contributed by atoms with Crippen molar-refractivity contribution in [2.75, 3.05) is 13.1 Å². The summed E-state index contributed by atoms with van der Waals surface area (Å²) in [7, 11) is 0. The van der Waals surface area contributed by atoms with E-state index in [4.69, 9.17) is 0 Å². The highest BCUT2D eigenvalue weighted by Gasteiger charge is 2.25. The van der Waals surface area contributed by atoms with Crippen molar-refractivity contribution in [2.45, 2.75) is 23.5 Å². The molecule has 1 saturated heterocycles. The van der Waals surface area contributed by atoms with E-state index in [2.05, 4.69) is 0 Å². The van der Waals surface area contributed by atoms with Gasteiger partial charge in [-0.1, -0.05) is 0 Å². The van der Waals surface area contributed by atoms with Gasteiger partial charge in [-0.3, -0.25) is 14.9 Å². The average Bonchev–Trinajstić information content (AvgIpc) is 2.27. The monoisotopic (exact) mass is 266 g/mol. The molecule has 0 spiro atoms. The molecule has 1 aromatic carbocycles. The van der Waals surface area contributed by atoms with Gasteiger partial charge in [-0.15, -0.1) is 11.8 Å². The van der Waals surface area contributed by atoms with Gasteiger partial charge in [-0.25, -0.2) is 0 Å². The SMILES string of the molecule is CC(Sc1ccc([N+](=O)[O-])cc1)C(=O)N1CCC1. The predicted octanol–water partition coefficient (Wildman–Crippen LogP) is 2.31. The first-order valence-corrected chi connectivity index (χ1v) is 6.66. The maximum absolute atomic E-state index is 11.9. The second-order valence-corrected chi connectivity index (χ2v) is 5.60. The minimum atomic E-state index is -0.427. The third-order valence-electron chi connectivity index (χ3n) is 2.88. The van der Waals surface area contributed by atoms with E-state index in [1.165, 1.54) is 23.9 Å². The van der Waals surface area contributed by atoms with Crippen molar-refractivity contribution in [3.8, 4) is 0 Å². The van der Waals surface area contributed by atoms with Crippen molar-refractivity contribution in [2.24, 2.45) is 0 Å². The van der Waals surface area contributed by atoms with E-state index < -0.39 is 4.92 Å². The molecule has 1 heterocycles. The van der Waals surface area contributed by atoms with Crippen molar-refractivity contribution < 1.29 is 9.72 Å². The molecule has 1 aliphatic heterocycles. The van der Waals surface area contributed by atoms with Crippen LogP contribution in [0.25, 0.3) is 0 Å². The normalized spacial score (nSPS) is 15.9. The molecule has 1 unspecified atom stereocenters. The molecule has 0 N–H and O–H groups in total. The van der Waals surface area contributed by atoms with Crippen LogP contribution in [0.3, 0.4) is 0 Å². The second kappa shape index (κ2) is 5.39. The molecule has 1 fully saturated rings. The Labute approximate surface area is 109 Å². The number of likely N-dealkylation sites (tertiary alicyclic amines) is 1. The number of rotatable bonds is 4. The fraction of sp³-hybridized carbons (Fsp3) is 0.417. The molecule has 1 amide bonds. The van der Waals surface area contributed by atoms with E-state index in [9.17, 15) is 14.9 Å². The van der Waals surface area contributed by atoms with Crippen molar-refractivity contribution in [3.63, 3.8) is 0 Å². The largest absolute Gasteiger partial charge is 0.342 e. The molecule has 6 heteroatoms. The van der Waals surface area contributed by atoms with Crippen LogP contribution >= 0.6 is 11.8 Å². The van der Waals surface area contributed by atoms with Gasteiger partial charge in [-0.05, 0) is 25.5 Å². The molecule has 1 atom stereocenters. The van der Waals surface area contributed by atoms with Crippen molar-refractivity contribution in [1.29, 1.82) is 0 Å². The van der Waals surface area contributed by atoms with Gasteiger partial charge in [0.25, 0.3) is 5.69 Å². The molecular formula is C12H14N2O3S. The molecule has 5 nitrogen and oxygen atoms in total. The number of non-ortho nitro benzene ring substituents is 1. The van der Waals surface area contributed by atoms with E-state index in [-0.39, 0.29) is 16.8 Å². The number of amides is 1. The molecule has 2 rings (SSSR count). The standard InChI is InChI=1S/C12H14N2O3S/c1-9(12(15)13-7-2-8-13)18-11-5-3-10(4-6-11)14(16)17/h3-6,9H,2,7-8H2,1H3. The van der Waals surface area contributed by atoms with Crippen LogP contribution in [0.15, 0.2) is 29.2 Å². The first-order chi connectivity index (χ1) is 8.58. The Kier molecular flexibility index (Phi) is 3.86. The summed E-state index contributed by atoms with van der Waals surface area (Å²) >= 11 is 1.44. The van der Waals surface area contributed by atoms with Gasteiger partial charge in [0, 0.05) is 30.1 Å². The second-order valence-electron chi connectivity index (χ2n) is 4.19. The van der Waals surface area contributed by atoms with Gasteiger partial charge in [-0.2, -0.15) is 0 Å². The van der Waals surface area contributed by atoms with Crippen LogP contribution in [0.4, 0.5) is 5.69 Å². The van der Waals surface area contributed by atoms with E-state index in [0.717, 1.165) is 24.4 Å². The minimum Gasteiger partial charge on any atom is -0.342 e. The fourth-order valence-corrected chi connectivity index (χ4v) is 2.65. The zero-order chi connectivity index (χ0) is 13.1. The van der Waals surface area contributed by atoms with Crippen LogP contribution in [0.2, 0.25) is 0 Å². The van der Waals surface area contributed by atoms with Crippen LogP contribution in [0, 0.1) is 10.1 Å². The van der Waals surface area contributed by atoms with Crippen LogP contribution in [0.5, 0.6) is 0 Å². The summed E-state index contributed by atoms with van der Waals surface area (Å²) in [6.45, 7) is 3.57. The molecular weight excluding hydrogens is 252 g/mol. The average molecular weight is 266 g/mol. The zero-order valence-corrected chi connectivity index (χ0v) is 10.9. The lowest BCUT2D eigenvalue weighted by molar-refractivity contribution is -0.384. The number of hydrogen-bond acceptors (Lipinski definition) is 4. The van der Waals surface area contributed by atoms with Gasteiger partial charge in [0.15, 0.2) is 0 Å². The number of carbonyl (C=O) groups excluding carboxylic acids is 1. The van der Waals surface area contributed by atoms with E-state index in [1.807, 2.05) is 11.8 Å². The van der Waals surface area contributed by atoms with E-state index in [0.29, 0.717) is 0 Å². The number of hydrogen-bond donors (Lipinski definition) is 0. The predicted molar refractivity (Wildman–Crippen MR) is 69.6 cm³/mol. The highest BCUT2D eigenvalue weighted by atomic mass is 32.2. The lowest BCUT2D eigenvalue weighted by atomic mass is 10.2. The molecule has 1 aliphatic rings. The number of thioether (sulfide) groups is 1. The quantitative estimate of drug-likeness (QED) is 0.476. The Morgan fingerprint density at radius 2 is 2.00 bits per heavy atom. The minimum absolute atomic E-state index is 0.0704. The molecule has 0 bridgehead atoms. The summed E-state index contributed by atoms with van der Waals surface area (Å²) in [6, 6.07) is 6.29. The van der Waals surface area contributed by atoms with Gasteiger partial charge >= 0.3 is 0 Å². The Bertz CT molecular complexity index is 457. The molecule has 1 aromatic rings. The number of nitro groups is 1. The van der Waals surface area contributed by atoms with E-state index >= 15 is 0 Å². The smallest absolute Gasteiger partial charge is 0.269 e. The van der Waals surface area contributed by atoms with Crippen LogP contribution in [0.1, 0.15) is 13.3 Å². The topological polar surface area (TPSA) is 63.5 Å². The summed E-state index contributed by atoms with van der Waals surface area (Å²) < 4.78 is 0. The van der Waals surface area contributed by atoms with Crippen LogP contribution in [-0.4, -0.2) is 34.1 Å². The van der Waals surface area contributed by atoms with Crippen LogP contribution in [-0.2, 0) is 4.79 Å². The lowest BCUT2D eigenvalue weighted by Crippen LogP contribution is -2.45. The summed E-state index contributed by atoms with van der Waals surface area (Å²) in [4.78, 5) is 24.7. The molecule has 0 aromatic heterocycles.